The van der Waals surface area contributed by atoms with E-state index < -0.39 is 9.05 Å². The van der Waals surface area contributed by atoms with E-state index in [0.29, 0.717) is 10.7 Å². The summed E-state index contributed by atoms with van der Waals surface area (Å²) in [5, 5.41) is 0.839. The largest absolute Gasteiger partial charge is 0.309 e. The summed E-state index contributed by atoms with van der Waals surface area (Å²) in [5.74, 6) is -0.895. The molecule has 0 aliphatic carbocycles. The Kier molecular flexibility index (Phi) is 4.76. The van der Waals surface area contributed by atoms with Crippen LogP contribution in [0.4, 0.5) is 5.69 Å². The van der Waals surface area contributed by atoms with Gasteiger partial charge in [-0.1, -0.05) is 34.8 Å². The smallest absolute Gasteiger partial charge is 0.232 e. The van der Waals surface area contributed by atoms with Gasteiger partial charge in [-0.25, -0.2) is 8.42 Å². The lowest BCUT2D eigenvalue weighted by Gasteiger charge is -2.19. The van der Waals surface area contributed by atoms with Crippen molar-refractivity contribution in [2.24, 2.45) is 5.92 Å². The summed E-state index contributed by atoms with van der Waals surface area (Å²) < 4.78 is 22.2. The van der Waals surface area contributed by atoms with Crippen molar-refractivity contribution in [1.29, 1.82) is 0 Å². The maximum Gasteiger partial charge on any atom is 0.232 e. The van der Waals surface area contributed by atoms with Crippen LogP contribution in [-0.4, -0.2) is 26.6 Å². The Morgan fingerprint density at radius 1 is 1.20 bits per heavy atom. The molecule has 0 N–H and O–H groups in total. The van der Waals surface area contributed by atoms with Crippen molar-refractivity contribution in [2.75, 3.05) is 17.2 Å². The number of halogens is 4. The van der Waals surface area contributed by atoms with Gasteiger partial charge in [0.25, 0.3) is 0 Å². The van der Waals surface area contributed by atoms with Gasteiger partial charge < -0.3 is 4.90 Å². The van der Waals surface area contributed by atoms with Crippen LogP contribution in [0.2, 0.25) is 15.1 Å². The molecule has 1 aromatic rings. The molecule has 1 heterocycles. The highest BCUT2D eigenvalue weighted by molar-refractivity contribution is 8.13. The van der Waals surface area contributed by atoms with Gasteiger partial charge in [0.05, 0.1) is 21.5 Å². The van der Waals surface area contributed by atoms with Crippen LogP contribution in [0, 0.1) is 5.92 Å². The van der Waals surface area contributed by atoms with E-state index in [2.05, 4.69) is 0 Å². The van der Waals surface area contributed by atoms with Crippen LogP contribution in [0.5, 0.6) is 0 Å². The summed E-state index contributed by atoms with van der Waals surface area (Å²) in [6, 6.07) is 2.95. The molecule has 20 heavy (non-hydrogen) atoms. The second-order valence-corrected chi connectivity index (χ2v) is 8.57. The van der Waals surface area contributed by atoms with E-state index in [9.17, 15) is 13.2 Å². The maximum atomic E-state index is 12.0. The van der Waals surface area contributed by atoms with Crippen molar-refractivity contribution >= 4 is 66.1 Å². The van der Waals surface area contributed by atoms with E-state index in [1.807, 2.05) is 0 Å². The van der Waals surface area contributed by atoms with Gasteiger partial charge in [0.1, 0.15) is 0 Å². The number of carbonyl (C=O) groups excluding carboxylic acids is 1. The molecule has 2 rings (SSSR count). The highest BCUT2D eigenvalue weighted by Crippen LogP contribution is 2.39. The minimum absolute atomic E-state index is 0.0846. The summed E-state index contributed by atoms with van der Waals surface area (Å²) in [6.45, 7) is 0.200. The molecule has 0 aromatic heterocycles. The van der Waals surface area contributed by atoms with Gasteiger partial charge >= 0.3 is 0 Å². The minimum Gasteiger partial charge on any atom is -0.309 e. The van der Waals surface area contributed by atoms with Gasteiger partial charge in [-0.05, 0) is 12.1 Å². The third-order valence-corrected chi connectivity index (χ3v) is 4.93. The third kappa shape index (κ3) is 3.71. The van der Waals surface area contributed by atoms with Gasteiger partial charge in [0.15, 0.2) is 0 Å². The van der Waals surface area contributed by atoms with Crippen molar-refractivity contribution < 1.29 is 13.2 Å². The van der Waals surface area contributed by atoms with Gasteiger partial charge in [0.2, 0.25) is 15.0 Å². The first kappa shape index (κ1) is 16.2. The monoisotopic (exact) mass is 375 g/mol. The number of hydrogen-bond acceptors (Lipinski definition) is 3. The second kappa shape index (κ2) is 5.89. The van der Waals surface area contributed by atoms with Crippen LogP contribution in [0.25, 0.3) is 0 Å². The van der Waals surface area contributed by atoms with Crippen molar-refractivity contribution in [1.82, 2.24) is 0 Å². The molecular formula is C11H9Cl4NO3S. The lowest BCUT2D eigenvalue weighted by Crippen LogP contribution is -2.26. The van der Waals surface area contributed by atoms with Crippen molar-refractivity contribution in [3.63, 3.8) is 0 Å². The maximum absolute atomic E-state index is 12.0. The molecule has 1 aliphatic rings. The van der Waals surface area contributed by atoms with E-state index in [-0.39, 0.29) is 40.6 Å². The number of hydrogen-bond donors (Lipinski definition) is 0. The molecule has 1 atom stereocenters. The molecule has 0 radical (unpaired) electrons. The molecular weight excluding hydrogens is 368 g/mol. The fourth-order valence-electron chi connectivity index (χ4n) is 2.18. The fraction of sp³-hybridized carbons (Fsp3) is 0.364. The van der Waals surface area contributed by atoms with E-state index in [1.165, 1.54) is 17.0 Å². The van der Waals surface area contributed by atoms with E-state index in [4.69, 9.17) is 45.5 Å². The van der Waals surface area contributed by atoms with Crippen LogP contribution >= 0.6 is 45.5 Å². The normalized spacial score (nSPS) is 19.7. The van der Waals surface area contributed by atoms with Crippen LogP contribution in [0.1, 0.15) is 6.42 Å². The molecule has 1 amide bonds. The Hall–Kier alpha value is -0.200. The topological polar surface area (TPSA) is 54.5 Å². The molecule has 0 saturated carbocycles. The number of nitrogens with zero attached hydrogens (tertiary/aromatic N) is 1. The first-order valence-corrected chi connectivity index (χ1v) is 9.16. The number of amides is 1. The lowest BCUT2D eigenvalue weighted by molar-refractivity contribution is -0.117. The Labute approximate surface area is 136 Å². The minimum atomic E-state index is -3.66. The number of benzene rings is 1. The second-order valence-electron chi connectivity index (χ2n) is 4.50. The summed E-state index contributed by atoms with van der Waals surface area (Å²) in [5.41, 5.74) is 0.345. The zero-order valence-corrected chi connectivity index (χ0v) is 13.8. The Morgan fingerprint density at radius 2 is 1.75 bits per heavy atom. The Bertz CT molecular complexity index is 639. The van der Waals surface area contributed by atoms with Crippen molar-refractivity contribution in [2.45, 2.75) is 6.42 Å². The molecule has 1 aliphatic heterocycles. The van der Waals surface area contributed by atoms with Crippen LogP contribution in [0.15, 0.2) is 12.1 Å². The summed E-state index contributed by atoms with van der Waals surface area (Å²) >= 11 is 17.9. The summed E-state index contributed by atoms with van der Waals surface area (Å²) in [4.78, 5) is 13.4. The average molecular weight is 377 g/mol. The summed E-state index contributed by atoms with van der Waals surface area (Å²) in [6.07, 6.45) is 0.0846. The predicted molar refractivity (Wildman–Crippen MR) is 81.6 cm³/mol. The molecule has 1 fully saturated rings. The van der Waals surface area contributed by atoms with Gasteiger partial charge in [-0.3, -0.25) is 4.79 Å². The van der Waals surface area contributed by atoms with Gasteiger partial charge in [-0.2, -0.15) is 0 Å². The SMILES string of the molecule is O=C1CC(CS(=O)(=O)Cl)CN1c1c(Cl)cc(Cl)cc1Cl. The average Bonchev–Trinajstić information content (AvgIpc) is 2.55. The Balaban J connectivity index is 2.29. The van der Waals surface area contributed by atoms with Crippen molar-refractivity contribution in [3.8, 4) is 0 Å². The lowest BCUT2D eigenvalue weighted by atomic mass is 10.1. The van der Waals surface area contributed by atoms with Crippen LogP contribution in [0.3, 0.4) is 0 Å². The van der Waals surface area contributed by atoms with Gasteiger partial charge in [0, 0.05) is 34.6 Å². The predicted octanol–water partition coefficient (Wildman–Crippen LogP) is 3.57. The molecule has 0 bridgehead atoms. The van der Waals surface area contributed by atoms with E-state index >= 15 is 0 Å². The summed E-state index contributed by atoms with van der Waals surface area (Å²) in [7, 11) is 1.55. The van der Waals surface area contributed by atoms with E-state index in [0.717, 1.165) is 0 Å². The van der Waals surface area contributed by atoms with Crippen LogP contribution < -0.4 is 4.90 Å². The number of rotatable bonds is 3. The standard InChI is InChI=1S/C11H9Cl4NO3S/c12-7-2-8(13)11(9(14)3-7)16-4-6(1-10(16)17)5-20(15,18)19/h2-3,6H,1,4-5H2. The zero-order valence-electron chi connectivity index (χ0n) is 9.95. The highest BCUT2D eigenvalue weighted by atomic mass is 35.7. The van der Waals surface area contributed by atoms with E-state index in [1.54, 1.807) is 0 Å². The molecule has 110 valence electrons. The molecule has 1 aromatic carbocycles. The molecule has 4 nitrogen and oxygen atoms in total. The molecule has 9 heteroatoms. The van der Waals surface area contributed by atoms with Gasteiger partial charge in [-0.15, -0.1) is 0 Å². The first-order chi connectivity index (χ1) is 9.17. The quantitative estimate of drug-likeness (QED) is 0.757. The number of anilines is 1. The zero-order chi connectivity index (χ0) is 15.1. The highest BCUT2D eigenvalue weighted by Gasteiger charge is 2.35. The van der Waals surface area contributed by atoms with Crippen LogP contribution in [-0.2, 0) is 13.8 Å². The molecule has 1 saturated heterocycles. The Morgan fingerprint density at radius 3 is 2.25 bits per heavy atom. The number of carbonyl (C=O) groups is 1. The fourth-order valence-corrected chi connectivity index (χ4v) is 4.53. The van der Waals surface area contributed by atoms with Crippen molar-refractivity contribution in [3.05, 3.63) is 27.2 Å². The first-order valence-electron chi connectivity index (χ1n) is 5.54. The molecule has 1 unspecified atom stereocenters. The third-order valence-electron chi connectivity index (χ3n) is 2.89. The molecule has 0 spiro atoms.